The van der Waals surface area contributed by atoms with Crippen LogP contribution in [-0.2, 0) is 20.1 Å². The third kappa shape index (κ3) is 5.00. The second-order valence-corrected chi connectivity index (χ2v) is 4.39. The Bertz CT molecular complexity index is 655. The Kier molecular flexibility index (Phi) is 7.31. The summed E-state index contributed by atoms with van der Waals surface area (Å²) in [6.07, 6.45) is 1.52. The second-order valence-electron chi connectivity index (χ2n) is 4.39. The summed E-state index contributed by atoms with van der Waals surface area (Å²) in [6, 6.07) is 9.53. The summed E-state index contributed by atoms with van der Waals surface area (Å²) in [5, 5.41) is 19.1. The zero-order chi connectivity index (χ0) is 15.1. The highest BCUT2D eigenvalue weighted by Crippen LogP contribution is 2.02. The topological polar surface area (TPSA) is 90.9 Å². The minimum Gasteiger partial charge on any atom is -0.352 e. The van der Waals surface area contributed by atoms with E-state index in [1.165, 1.54) is 6.33 Å². The van der Waals surface area contributed by atoms with E-state index in [4.69, 9.17) is 5.26 Å². The van der Waals surface area contributed by atoms with E-state index in [-0.39, 0.29) is 24.0 Å². The number of hydrogen-bond acceptors (Lipinski definition) is 4. The fourth-order valence-corrected chi connectivity index (χ4v) is 1.75. The van der Waals surface area contributed by atoms with Gasteiger partial charge in [-0.25, -0.2) is 4.98 Å². The highest BCUT2D eigenvalue weighted by molar-refractivity contribution is 14.0. The van der Waals surface area contributed by atoms with Crippen LogP contribution < -0.4 is 10.6 Å². The molecule has 0 bridgehead atoms. The van der Waals surface area contributed by atoms with E-state index in [1.54, 1.807) is 23.9 Å². The van der Waals surface area contributed by atoms with Gasteiger partial charge in [0.05, 0.1) is 18.2 Å². The molecule has 0 amide bonds. The van der Waals surface area contributed by atoms with E-state index in [1.807, 2.05) is 19.2 Å². The molecule has 0 atom stereocenters. The molecular formula is C14H18IN7. The molecule has 0 unspecified atom stereocenters. The van der Waals surface area contributed by atoms with Crippen LogP contribution in [0.1, 0.15) is 17.0 Å². The minimum atomic E-state index is 0. The number of nitrogens with one attached hydrogen (secondary N) is 2. The van der Waals surface area contributed by atoms with Gasteiger partial charge in [0.25, 0.3) is 0 Å². The largest absolute Gasteiger partial charge is 0.352 e. The molecule has 0 aliphatic rings. The molecule has 22 heavy (non-hydrogen) atoms. The van der Waals surface area contributed by atoms with Crippen molar-refractivity contribution in [2.45, 2.75) is 13.1 Å². The predicted molar refractivity (Wildman–Crippen MR) is 94.6 cm³/mol. The number of benzene rings is 1. The van der Waals surface area contributed by atoms with E-state index in [2.05, 4.69) is 31.8 Å². The molecule has 1 heterocycles. The maximum Gasteiger partial charge on any atom is 0.191 e. The normalized spacial score (nSPS) is 10.5. The van der Waals surface area contributed by atoms with Crippen LogP contribution in [0, 0.1) is 11.3 Å². The first-order chi connectivity index (χ1) is 10.2. The Morgan fingerprint density at radius 3 is 2.50 bits per heavy atom. The van der Waals surface area contributed by atoms with Gasteiger partial charge in [0.2, 0.25) is 0 Å². The molecule has 0 aliphatic heterocycles. The SMILES string of the molecule is CN=C(NCc1ccc(C#N)cc1)NCc1ncnn1C.I. The molecule has 8 heteroatoms. The van der Waals surface area contributed by atoms with E-state index in [0.717, 1.165) is 11.4 Å². The number of hydrogen-bond donors (Lipinski definition) is 2. The summed E-state index contributed by atoms with van der Waals surface area (Å²) < 4.78 is 1.71. The molecule has 0 spiro atoms. The number of halogens is 1. The molecule has 0 aliphatic carbocycles. The highest BCUT2D eigenvalue weighted by Gasteiger charge is 2.02. The summed E-state index contributed by atoms with van der Waals surface area (Å²) in [6.45, 7) is 1.17. The molecule has 116 valence electrons. The van der Waals surface area contributed by atoms with Crippen molar-refractivity contribution in [3.8, 4) is 6.07 Å². The minimum absolute atomic E-state index is 0. The molecule has 7 nitrogen and oxygen atoms in total. The summed E-state index contributed by atoms with van der Waals surface area (Å²) in [5.74, 6) is 1.51. The van der Waals surface area contributed by atoms with Gasteiger partial charge in [-0.1, -0.05) is 12.1 Å². The van der Waals surface area contributed by atoms with Crippen LogP contribution in [0.25, 0.3) is 0 Å². The maximum atomic E-state index is 8.76. The third-order valence-electron chi connectivity index (χ3n) is 2.99. The van der Waals surface area contributed by atoms with Crippen LogP contribution in [0.4, 0.5) is 0 Å². The first kappa shape index (κ1) is 17.9. The number of aromatic nitrogens is 3. The van der Waals surface area contributed by atoms with Crippen LogP contribution in [0.3, 0.4) is 0 Å². The standard InChI is InChI=1S/C14H17N7.HI/c1-16-14(18-9-13-19-10-20-21(13)2)17-8-12-5-3-11(7-15)4-6-12;/h3-6,10H,8-9H2,1-2H3,(H2,16,17,18);1H. The van der Waals surface area contributed by atoms with E-state index >= 15 is 0 Å². The van der Waals surface area contributed by atoms with Gasteiger partial charge >= 0.3 is 0 Å². The summed E-state index contributed by atoms with van der Waals surface area (Å²) in [5.41, 5.74) is 1.74. The lowest BCUT2D eigenvalue weighted by molar-refractivity contribution is 0.672. The van der Waals surface area contributed by atoms with E-state index in [0.29, 0.717) is 24.6 Å². The van der Waals surface area contributed by atoms with Gasteiger partial charge in [-0.3, -0.25) is 9.67 Å². The monoisotopic (exact) mass is 411 g/mol. The van der Waals surface area contributed by atoms with Crippen molar-refractivity contribution in [2.24, 2.45) is 12.0 Å². The lowest BCUT2D eigenvalue weighted by Crippen LogP contribution is -2.36. The van der Waals surface area contributed by atoms with E-state index < -0.39 is 0 Å². The Labute approximate surface area is 146 Å². The van der Waals surface area contributed by atoms with Gasteiger partial charge < -0.3 is 10.6 Å². The summed E-state index contributed by atoms with van der Waals surface area (Å²) >= 11 is 0. The predicted octanol–water partition coefficient (Wildman–Crippen LogP) is 1.17. The van der Waals surface area contributed by atoms with E-state index in [9.17, 15) is 0 Å². The lowest BCUT2D eigenvalue weighted by Gasteiger charge is -2.11. The molecule has 0 radical (unpaired) electrons. The molecule has 0 saturated heterocycles. The average Bonchev–Trinajstić information content (AvgIpc) is 2.93. The number of nitrogens with zero attached hydrogens (tertiary/aromatic N) is 5. The Morgan fingerprint density at radius 1 is 1.27 bits per heavy atom. The van der Waals surface area contributed by atoms with Gasteiger partial charge in [0, 0.05) is 20.6 Å². The van der Waals surface area contributed by atoms with Crippen molar-refractivity contribution in [1.29, 1.82) is 5.26 Å². The van der Waals surface area contributed by atoms with Crippen molar-refractivity contribution in [3.63, 3.8) is 0 Å². The molecule has 1 aromatic carbocycles. The molecule has 0 saturated carbocycles. The first-order valence-electron chi connectivity index (χ1n) is 6.49. The number of aryl methyl sites for hydroxylation is 1. The van der Waals surface area contributed by atoms with Crippen molar-refractivity contribution in [1.82, 2.24) is 25.4 Å². The first-order valence-corrected chi connectivity index (χ1v) is 6.49. The molecule has 1 aromatic heterocycles. The molecular weight excluding hydrogens is 393 g/mol. The van der Waals surface area contributed by atoms with Gasteiger partial charge in [0.15, 0.2) is 5.96 Å². The fourth-order valence-electron chi connectivity index (χ4n) is 1.75. The summed E-state index contributed by atoms with van der Waals surface area (Å²) in [4.78, 5) is 8.29. The number of rotatable bonds is 4. The van der Waals surface area contributed by atoms with Crippen LogP contribution in [-0.4, -0.2) is 27.8 Å². The van der Waals surface area contributed by atoms with Crippen LogP contribution in [0.5, 0.6) is 0 Å². The Hall–Kier alpha value is -2.15. The lowest BCUT2D eigenvalue weighted by atomic mass is 10.1. The quantitative estimate of drug-likeness (QED) is 0.448. The van der Waals surface area contributed by atoms with Gasteiger partial charge in [-0.15, -0.1) is 24.0 Å². The van der Waals surface area contributed by atoms with Crippen molar-refractivity contribution in [2.75, 3.05) is 7.05 Å². The van der Waals surface area contributed by atoms with Crippen LogP contribution in [0.15, 0.2) is 35.6 Å². The fraction of sp³-hybridized carbons (Fsp3) is 0.286. The highest BCUT2D eigenvalue weighted by atomic mass is 127. The van der Waals surface area contributed by atoms with Crippen LogP contribution >= 0.6 is 24.0 Å². The Morgan fingerprint density at radius 2 is 1.95 bits per heavy atom. The zero-order valence-electron chi connectivity index (χ0n) is 12.4. The molecule has 0 fully saturated rings. The zero-order valence-corrected chi connectivity index (χ0v) is 14.8. The van der Waals surface area contributed by atoms with Crippen molar-refractivity contribution >= 4 is 29.9 Å². The number of nitriles is 1. The van der Waals surface area contributed by atoms with Gasteiger partial charge in [0.1, 0.15) is 12.2 Å². The Balaban J connectivity index is 0.00000242. The molecule has 2 aromatic rings. The molecule has 2 N–H and O–H groups in total. The summed E-state index contributed by atoms with van der Waals surface area (Å²) in [7, 11) is 3.56. The van der Waals surface area contributed by atoms with Crippen molar-refractivity contribution < 1.29 is 0 Å². The maximum absolute atomic E-state index is 8.76. The van der Waals surface area contributed by atoms with Crippen LogP contribution in [0.2, 0.25) is 0 Å². The number of guanidine groups is 1. The average molecular weight is 411 g/mol. The third-order valence-corrected chi connectivity index (χ3v) is 2.99. The number of aliphatic imine (C=N–C) groups is 1. The second kappa shape index (κ2) is 8.99. The van der Waals surface area contributed by atoms with Gasteiger partial charge in [-0.05, 0) is 17.7 Å². The van der Waals surface area contributed by atoms with Crippen molar-refractivity contribution in [3.05, 3.63) is 47.5 Å². The van der Waals surface area contributed by atoms with Gasteiger partial charge in [-0.2, -0.15) is 10.4 Å². The smallest absolute Gasteiger partial charge is 0.191 e. The molecule has 2 rings (SSSR count).